The lowest BCUT2D eigenvalue weighted by atomic mass is 10.2. The SMILES string of the molecule is CCc1nc(C)ccc1OCc1occc1CNC. The number of ether oxygens (including phenoxy) is 1. The molecule has 2 aromatic heterocycles. The average Bonchev–Trinajstić information content (AvgIpc) is 2.85. The van der Waals surface area contributed by atoms with Gasteiger partial charge in [0.2, 0.25) is 0 Å². The van der Waals surface area contributed by atoms with Crippen molar-refractivity contribution >= 4 is 0 Å². The van der Waals surface area contributed by atoms with Gasteiger partial charge in [-0.15, -0.1) is 0 Å². The molecule has 0 aliphatic carbocycles. The molecule has 0 radical (unpaired) electrons. The van der Waals surface area contributed by atoms with Crippen LogP contribution in [0.1, 0.15) is 29.6 Å². The smallest absolute Gasteiger partial charge is 0.146 e. The van der Waals surface area contributed by atoms with Crippen LogP contribution in [0.5, 0.6) is 5.75 Å². The van der Waals surface area contributed by atoms with Crippen LogP contribution >= 0.6 is 0 Å². The summed E-state index contributed by atoms with van der Waals surface area (Å²) < 4.78 is 11.3. The van der Waals surface area contributed by atoms with E-state index in [1.165, 1.54) is 0 Å². The number of aryl methyl sites for hydroxylation is 2. The number of aromatic nitrogens is 1. The lowest BCUT2D eigenvalue weighted by Gasteiger charge is -2.10. The number of furan rings is 1. The molecule has 0 amide bonds. The molecular weight excluding hydrogens is 240 g/mol. The normalized spacial score (nSPS) is 10.7. The molecule has 0 bridgehead atoms. The zero-order valence-electron chi connectivity index (χ0n) is 11.7. The fourth-order valence-electron chi connectivity index (χ4n) is 1.97. The van der Waals surface area contributed by atoms with Gasteiger partial charge in [-0.2, -0.15) is 0 Å². The molecule has 0 saturated heterocycles. The Labute approximate surface area is 113 Å². The lowest BCUT2D eigenvalue weighted by Crippen LogP contribution is -2.08. The number of nitrogens with zero attached hydrogens (tertiary/aromatic N) is 1. The summed E-state index contributed by atoms with van der Waals surface area (Å²) in [5.74, 6) is 1.69. The Hall–Kier alpha value is -1.81. The van der Waals surface area contributed by atoms with Gasteiger partial charge in [0.1, 0.15) is 18.1 Å². The average molecular weight is 260 g/mol. The maximum atomic E-state index is 5.83. The Morgan fingerprint density at radius 3 is 2.89 bits per heavy atom. The summed E-state index contributed by atoms with van der Waals surface area (Å²) in [6, 6.07) is 5.90. The van der Waals surface area contributed by atoms with Gasteiger partial charge in [-0.1, -0.05) is 6.92 Å². The van der Waals surface area contributed by atoms with Crippen molar-refractivity contribution in [3.8, 4) is 5.75 Å². The minimum atomic E-state index is 0.432. The molecule has 102 valence electrons. The van der Waals surface area contributed by atoms with Gasteiger partial charge in [0.25, 0.3) is 0 Å². The third kappa shape index (κ3) is 3.35. The van der Waals surface area contributed by atoms with Crippen LogP contribution in [0.15, 0.2) is 28.9 Å². The highest BCUT2D eigenvalue weighted by molar-refractivity contribution is 5.29. The van der Waals surface area contributed by atoms with E-state index < -0.39 is 0 Å². The Bertz CT molecular complexity index is 535. The van der Waals surface area contributed by atoms with Crippen LogP contribution in [-0.4, -0.2) is 12.0 Å². The molecular formula is C15H20N2O2. The molecule has 0 atom stereocenters. The summed E-state index contributed by atoms with van der Waals surface area (Å²) in [4.78, 5) is 4.48. The summed E-state index contributed by atoms with van der Waals surface area (Å²) in [6.07, 6.45) is 2.55. The number of pyridine rings is 1. The van der Waals surface area contributed by atoms with E-state index in [1.807, 2.05) is 32.2 Å². The van der Waals surface area contributed by atoms with Crippen LogP contribution in [0.4, 0.5) is 0 Å². The van der Waals surface area contributed by atoms with Crippen LogP contribution in [-0.2, 0) is 19.6 Å². The second-order valence-corrected chi connectivity index (χ2v) is 4.44. The third-order valence-corrected chi connectivity index (χ3v) is 2.97. The fourth-order valence-corrected chi connectivity index (χ4v) is 1.97. The van der Waals surface area contributed by atoms with E-state index in [-0.39, 0.29) is 0 Å². The van der Waals surface area contributed by atoms with E-state index in [0.29, 0.717) is 6.61 Å². The number of hydrogen-bond donors (Lipinski definition) is 1. The quantitative estimate of drug-likeness (QED) is 0.867. The van der Waals surface area contributed by atoms with Crippen LogP contribution < -0.4 is 10.1 Å². The van der Waals surface area contributed by atoms with E-state index in [0.717, 1.165) is 41.4 Å². The number of rotatable bonds is 6. The first-order valence-corrected chi connectivity index (χ1v) is 6.53. The van der Waals surface area contributed by atoms with E-state index >= 15 is 0 Å². The van der Waals surface area contributed by atoms with E-state index in [2.05, 4.69) is 17.2 Å². The molecule has 0 saturated carbocycles. The van der Waals surface area contributed by atoms with Crippen molar-refractivity contribution in [2.24, 2.45) is 0 Å². The van der Waals surface area contributed by atoms with Crippen molar-refractivity contribution < 1.29 is 9.15 Å². The monoisotopic (exact) mass is 260 g/mol. The molecule has 2 rings (SSSR count). The highest BCUT2D eigenvalue weighted by atomic mass is 16.5. The van der Waals surface area contributed by atoms with E-state index in [9.17, 15) is 0 Å². The number of hydrogen-bond acceptors (Lipinski definition) is 4. The van der Waals surface area contributed by atoms with Gasteiger partial charge in [-0.25, -0.2) is 0 Å². The number of nitrogens with one attached hydrogen (secondary N) is 1. The fraction of sp³-hybridized carbons (Fsp3) is 0.400. The molecule has 4 nitrogen and oxygen atoms in total. The van der Waals surface area contributed by atoms with Crippen LogP contribution in [0.2, 0.25) is 0 Å². The molecule has 2 aromatic rings. The summed E-state index contributed by atoms with van der Waals surface area (Å²) in [5, 5.41) is 3.11. The molecule has 19 heavy (non-hydrogen) atoms. The predicted molar refractivity (Wildman–Crippen MR) is 74.2 cm³/mol. The van der Waals surface area contributed by atoms with Gasteiger partial charge in [-0.3, -0.25) is 4.98 Å². The van der Waals surface area contributed by atoms with Crippen LogP contribution in [0, 0.1) is 6.92 Å². The van der Waals surface area contributed by atoms with Crippen molar-refractivity contribution in [2.75, 3.05) is 7.05 Å². The zero-order chi connectivity index (χ0) is 13.7. The molecule has 0 unspecified atom stereocenters. The van der Waals surface area contributed by atoms with Crippen LogP contribution in [0.3, 0.4) is 0 Å². The highest BCUT2D eigenvalue weighted by Gasteiger charge is 2.09. The van der Waals surface area contributed by atoms with Gasteiger partial charge < -0.3 is 14.5 Å². The predicted octanol–water partition coefficient (Wildman–Crippen LogP) is 2.84. The lowest BCUT2D eigenvalue weighted by molar-refractivity contribution is 0.264. The Morgan fingerprint density at radius 1 is 1.32 bits per heavy atom. The topological polar surface area (TPSA) is 47.3 Å². The summed E-state index contributed by atoms with van der Waals surface area (Å²) in [7, 11) is 1.91. The maximum absolute atomic E-state index is 5.83. The van der Waals surface area contributed by atoms with E-state index in [4.69, 9.17) is 9.15 Å². The van der Waals surface area contributed by atoms with Crippen molar-refractivity contribution in [2.45, 2.75) is 33.4 Å². The summed E-state index contributed by atoms with van der Waals surface area (Å²) in [5.41, 5.74) is 3.13. The Morgan fingerprint density at radius 2 is 2.16 bits per heavy atom. The minimum Gasteiger partial charge on any atom is -0.484 e. The van der Waals surface area contributed by atoms with Crippen molar-refractivity contribution in [1.82, 2.24) is 10.3 Å². The largest absolute Gasteiger partial charge is 0.484 e. The molecule has 0 aliphatic rings. The summed E-state index contributed by atoms with van der Waals surface area (Å²) >= 11 is 0. The van der Waals surface area contributed by atoms with Gasteiger partial charge in [-0.05, 0) is 38.6 Å². The standard InChI is InChI=1S/C15H20N2O2/c1-4-13-14(6-5-11(2)17-13)19-10-15-12(9-16-3)7-8-18-15/h5-8,16H,4,9-10H2,1-3H3. The first-order valence-electron chi connectivity index (χ1n) is 6.53. The maximum Gasteiger partial charge on any atom is 0.146 e. The molecule has 0 fully saturated rings. The van der Waals surface area contributed by atoms with Gasteiger partial charge in [0.05, 0.1) is 12.0 Å². The summed E-state index contributed by atoms with van der Waals surface area (Å²) in [6.45, 7) is 5.28. The molecule has 0 aliphatic heterocycles. The van der Waals surface area contributed by atoms with Gasteiger partial charge in [0, 0.05) is 17.8 Å². The zero-order valence-corrected chi connectivity index (χ0v) is 11.7. The third-order valence-electron chi connectivity index (χ3n) is 2.97. The van der Waals surface area contributed by atoms with Crippen molar-refractivity contribution in [1.29, 1.82) is 0 Å². The Kier molecular flexibility index (Phi) is 4.58. The Balaban J connectivity index is 2.07. The highest BCUT2D eigenvalue weighted by Crippen LogP contribution is 2.20. The van der Waals surface area contributed by atoms with Crippen LogP contribution in [0.25, 0.3) is 0 Å². The molecule has 2 heterocycles. The van der Waals surface area contributed by atoms with Gasteiger partial charge >= 0.3 is 0 Å². The molecule has 0 aromatic carbocycles. The van der Waals surface area contributed by atoms with Gasteiger partial charge in [0.15, 0.2) is 0 Å². The first kappa shape index (κ1) is 13.6. The second kappa shape index (κ2) is 6.38. The molecule has 4 heteroatoms. The van der Waals surface area contributed by atoms with Crippen molar-refractivity contribution in [3.05, 3.63) is 47.2 Å². The first-order chi connectivity index (χ1) is 9.24. The molecule has 0 spiro atoms. The van der Waals surface area contributed by atoms with E-state index in [1.54, 1.807) is 6.26 Å². The minimum absolute atomic E-state index is 0.432. The van der Waals surface area contributed by atoms with Crippen molar-refractivity contribution in [3.63, 3.8) is 0 Å². The molecule has 1 N–H and O–H groups in total. The second-order valence-electron chi connectivity index (χ2n) is 4.44.